The lowest BCUT2D eigenvalue weighted by Crippen LogP contribution is -2.35. The number of nitrogens with one attached hydrogen (secondary N) is 1. The molecule has 0 radical (unpaired) electrons. The summed E-state index contributed by atoms with van der Waals surface area (Å²) >= 11 is 0. The van der Waals surface area contributed by atoms with Crippen LogP contribution in [0.4, 0.5) is 0 Å². The molecule has 1 rings (SSSR count). The highest BCUT2D eigenvalue weighted by Crippen LogP contribution is 2.25. The molecule has 0 aliphatic heterocycles. The van der Waals surface area contributed by atoms with Crippen LogP contribution in [-0.4, -0.2) is 16.1 Å². The van der Waals surface area contributed by atoms with Crippen molar-refractivity contribution in [2.45, 2.75) is 33.7 Å². The van der Waals surface area contributed by atoms with E-state index in [2.05, 4.69) is 5.32 Å². The van der Waals surface area contributed by atoms with Gasteiger partial charge in [-0.15, -0.1) is 0 Å². The van der Waals surface area contributed by atoms with Crippen molar-refractivity contribution in [1.82, 2.24) is 5.32 Å². The third kappa shape index (κ3) is 3.37. The number of benzene rings is 1. The number of phenolic OH excluding ortho intramolecular Hbond substituents is 2. The van der Waals surface area contributed by atoms with Crippen LogP contribution in [0.5, 0.6) is 11.5 Å². The molecule has 0 unspecified atom stereocenters. The van der Waals surface area contributed by atoms with Crippen LogP contribution < -0.4 is 5.32 Å². The van der Waals surface area contributed by atoms with Crippen molar-refractivity contribution in [3.8, 4) is 11.5 Å². The quantitative estimate of drug-likeness (QED) is 0.703. The van der Waals surface area contributed by atoms with Crippen molar-refractivity contribution >= 4 is 5.91 Å². The minimum absolute atomic E-state index is 0.0208. The number of hydrogen-bond acceptors (Lipinski definition) is 3. The summed E-state index contributed by atoms with van der Waals surface area (Å²) in [6.45, 7) is 6.08. The summed E-state index contributed by atoms with van der Waals surface area (Å²) in [5.41, 5.74) is 0.361. The van der Waals surface area contributed by atoms with Crippen molar-refractivity contribution in [2.75, 3.05) is 0 Å². The normalized spacial score (nSPS) is 11.2. The van der Waals surface area contributed by atoms with E-state index in [-0.39, 0.29) is 22.8 Å². The summed E-state index contributed by atoms with van der Waals surface area (Å²) < 4.78 is 0. The lowest BCUT2D eigenvalue weighted by molar-refractivity contribution is -0.129. The molecule has 17 heavy (non-hydrogen) atoms. The first-order valence-corrected chi connectivity index (χ1v) is 5.66. The maximum absolute atomic E-state index is 11.8. The fourth-order valence-corrected chi connectivity index (χ4v) is 1.26. The van der Waals surface area contributed by atoms with E-state index in [0.717, 1.165) is 12.0 Å². The van der Waals surface area contributed by atoms with Gasteiger partial charge in [0.05, 0.1) is 0 Å². The Hall–Kier alpha value is -1.71. The third-order valence-corrected chi connectivity index (χ3v) is 2.99. The summed E-state index contributed by atoms with van der Waals surface area (Å²) in [6, 6.07) is 4.50. The van der Waals surface area contributed by atoms with E-state index in [9.17, 15) is 9.90 Å². The maximum atomic E-state index is 11.8. The minimum atomic E-state index is -0.390. The Morgan fingerprint density at radius 3 is 2.47 bits per heavy atom. The van der Waals surface area contributed by atoms with Crippen LogP contribution in [0.25, 0.3) is 0 Å². The molecule has 4 nitrogen and oxygen atoms in total. The van der Waals surface area contributed by atoms with Gasteiger partial charge >= 0.3 is 0 Å². The molecule has 94 valence electrons. The number of carbonyl (C=O) groups is 1. The molecular formula is C13H19NO3. The Morgan fingerprint density at radius 1 is 1.29 bits per heavy atom. The molecule has 1 amide bonds. The summed E-state index contributed by atoms with van der Waals surface area (Å²) in [7, 11) is 0. The Labute approximate surface area is 101 Å². The van der Waals surface area contributed by atoms with Gasteiger partial charge in [0.15, 0.2) is 11.5 Å². The predicted molar refractivity (Wildman–Crippen MR) is 65.7 cm³/mol. The second-order valence-corrected chi connectivity index (χ2v) is 4.74. The smallest absolute Gasteiger partial charge is 0.225 e. The predicted octanol–water partition coefficient (Wildman–Crippen LogP) is 2.15. The molecule has 0 spiro atoms. The van der Waals surface area contributed by atoms with Crippen molar-refractivity contribution in [2.24, 2.45) is 5.41 Å². The summed E-state index contributed by atoms with van der Waals surface area (Å²) in [5, 5.41) is 21.3. The van der Waals surface area contributed by atoms with Crippen LogP contribution in [0.2, 0.25) is 0 Å². The highest BCUT2D eigenvalue weighted by molar-refractivity contribution is 5.81. The molecule has 0 fully saturated rings. The van der Waals surface area contributed by atoms with Gasteiger partial charge in [-0.1, -0.05) is 26.8 Å². The Balaban J connectivity index is 2.62. The molecule has 0 saturated heterocycles. The largest absolute Gasteiger partial charge is 0.504 e. The minimum Gasteiger partial charge on any atom is -0.504 e. The van der Waals surface area contributed by atoms with Gasteiger partial charge in [0.1, 0.15) is 0 Å². The number of carbonyl (C=O) groups excluding carboxylic acids is 1. The Kier molecular flexibility index (Phi) is 3.99. The van der Waals surface area contributed by atoms with Gasteiger partial charge in [0, 0.05) is 12.0 Å². The van der Waals surface area contributed by atoms with Crippen LogP contribution >= 0.6 is 0 Å². The SMILES string of the molecule is CCC(C)(C)C(=O)NCc1ccc(O)c(O)c1. The molecule has 4 heteroatoms. The molecule has 1 aromatic rings. The summed E-state index contributed by atoms with van der Waals surface area (Å²) in [6.07, 6.45) is 0.764. The summed E-state index contributed by atoms with van der Waals surface area (Å²) in [4.78, 5) is 11.8. The van der Waals surface area contributed by atoms with Crippen LogP contribution in [0, 0.1) is 5.41 Å². The number of phenols is 2. The molecule has 1 aromatic carbocycles. The van der Waals surface area contributed by atoms with Crippen LogP contribution in [0.3, 0.4) is 0 Å². The van der Waals surface area contributed by atoms with Crippen molar-refractivity contribution in [3.63, 3.8) is 0 Å². The van der Waals surface area contributed by atoms with E-state index in [1.807, 2.05) is 20.8 Å². The topological polar surface area (TPSA) is 69.6 Å². The second-order valence-electron chi connectivity index (χ2n) is 4.74. The first kappa shape index (κ1) is 13.4. The fraction of sp³-hybridized carbons (Fsp3) is 0.462. The highest BCUT2D eigenvalue weighted by Gasteiger charge is 2.24. The van der Waals surface area contributed by atoms with E-state index in [1.54, 1.807) is 6.07 Å². The molecule has 0 saturated carbocycles. The Morgan fingerprint density at radius 2 is 1.94 bits per heavy atom. The zero-order valence-electron chi connectivity index (χ0n) is 10.4. The highest BCUT2D eigenvalue weighted by atomic mass is 16.3. The van der Waals surface area contributed by atoms with E-state index in [0.29, 0.717) is 6.54 Å². The zero-order chi connectivity index (χ0) is 13.1. The van der Waals surface area contributed by atoms with Gasteiger partial charge in [-0.05, 0) is 24.1 Å². The van der Waals surface area contributed by atoms with Crippen molar-refractivity contribution in [1.29, 1.82) is 0 Å². The van der Waals surface area contributed by atoms with Crippen LogP contribution in [-0.2, 0) is 11.3 Å². The Bertz CT molecular complexity index is 413. The first-order chi connectivity index (χ1) is 7.86. The molecule has 0 bridgehead atoms. The number of aromatic hydroxyl groups is 2. The monoisotopic (exact) mass is 237 g/mol. The van der Waals surface area contributed by atoms with Crippen LogP contribution in [0.1, 0.15) is 32.8 Å². The van der Waals surface area contributed by atoms with Gasteiger partial charge in [-0.3, -0.25) is 4.79 Å². The molecular weight excluding hydrogens is 218 g/mol. The zero-order valence-corrected chi connectivity index (χ0v) is 10.4. The number of hydrogen-bond donors (Lipinski definition) is 3. The van der Waals surface area contributed by atoms with Gasteiger partial charge in [-0.2, -0.15) is 0 Å². The average Bonchev–Trinajstić information content (AvgIpc) is 2.30. The summed E-state index contributed by atoms with van der Waals surface area (Å²) in [5.74, 6) is -0.354. The van der Waals surface area contributed by atoms with E-state index in [4.69, 9.17) is 5.11 Å². The van der Waals surface area contributed by atoms with Gasteiger partial charge in [0.2, 0.25) is 5.91 Å². The van der Waals surface area contributed by atoms with Gasteiger partial charge in [0.25, 0.3) is 0 Å². The van der Waals surface area contributed by atoms with E-state index in [1.165, 1.54) is 12.1 Å². The molecule has 0 aliphatic rings. The van der Waals surface area contributed by atoms with Gasteiger partial charge in [-0.25, -0.2) is 0 Å². The molecule has 0 aromatic heterocycles. The second kappa shape index (κ2) is 5.08. The maximum Gasteiger partial charge on any atom is 0.225 e. The van der Waals surface area contributed by atoms with Crippen molar-refractivity contribution < 1.29 is 15.0 Å². The molecule has 0 atom stereocenters. The molecule has 3 N–H and O–H groups in total. The first-order valence-electron chi connectivity index (χ1n) is 5.66. The molecule has 0 heterocycles. The van der Waals surface area contributed by atoms with E-state index >= 15 is 0 Å². The average molecular weight is 237 g/mol. The standard InChI is InChI=1S/C13H19NO3/c1-4-13(2,3)12(17)14-8-9-5-6-10(15)11(16)7-9/h5-7,15-16H,4,8H2,1-3H3,(H,14,17). The van der Waals surface area contributed by atoms with Crippen molar-refractivity contribution in [3.05, 3.63) is 23.8 Å². The van der Waals surface area contributed by atoms with Crippen LogP contribution in [0.15, 0.2) is 18.2 Å². The third-order valence-electron chi connectivity index (χ3n) is 2.99. The number of amides is 1. The lowest BCUT2D eigenvalue weighted by atomic mass is 9.89. The fourth-order valence-electron chi connectivity index (χ4n) is 1.26. The lowest BCUT2D eigenvalue weighted by Gasteiger charge is -2.21. The molecule has 0 aliphatic carbocycles. The number of rotatable bonds is 4. The van der Waals surface area contributed by atoms with Gasteiger partial charge < -0.3 is 15.5 Å². The van der Waals surface area contributed by atoms with E-state index < -0.39 is 0 Å².